The zero-order valence-corrected chi connectivity index (χ0v) is 12.1. The van der Waals surface area contributed by atoms with E-state index in [0.29, 0.717) is 12.4 Å². The van der Waals surface area contributed by atoms with Gasteiger partial charge in [0.1, 0.15) is 23.3 Å². The van der Waals surface area contributed by atoms with Crippen molar-refractivity contribution >= 4 is 11.6 Å². The predicted octanol–water partition coefficient (Wildman–Crippen LogP) is 1.37. The lowest BCUT2D eigenvalue weighted by molar-refractivity contribution is 0.801. The third-order valence-corrected chi connectivity index (χ3v) is 3.14. The number of nitrogens with zero attached hydrogens (tertiary/aromatic N) is 4. The van der Waals surface area contributed by atoms with Crippen molar-refractivity contribution < 1.29 is 0 Å². The van der Waals surface area contributed by atoms with Crippen molar-refractivity contribution in [1.82, 2.24) is 19.5 Å². The zero-order valence-electron chi connectivity index (χ0n) is 12.1. The first-order valence-electron chi connectivity index (χ1n) is 6.70. The molecule has 0 fully saturated rings. The molecule has 0 bridgehead atoms. The largest absolute Gasteiger partial charge is 0.362 e. The maximum atomic E-state index is 5.51. The van der Waals surface area contributed by atoms with Crippen LogP contribution in [0.3, 0.4) is 0 Å². The summed E-state index contributed by atoms with van der Waals surface area (Å²) in [5.41, 5.74) is 3.53. The van der Waals surface area contributed by atoms with Crippen LogP contribution in [0.25, 0.3) is 0 Å². The second kappa shape index (κ2) is 6.33. The summed E-state index contributed by atoms with van der Waals surface area (Å²) in [5.74, 6) is 8.70. The number of aromatic nitrogens is 4. The van der Waals surface area contributed by atoms with Crippen molar-refractivity contribution in [3.63, 3.8) is 0 Å². The standard InChI is InChI=1S/C13H21N7/c1-4-5-10-17-12(9(2)13(18-10)19-14)16-8-11-15-6-7-20(11)3/h6-7H,4-5,8,14H2,1-3H3,(H2,16,17,18,19). The summed E-state index contributed by atoms with van der Waals surface area (Å²) < 4.78 is 1.97. The lowest BCUT2D eigenvalue weighted by atomic mass is 10.2. The molecule has 0 aliphatic carbocycles. The van der Waals surface area contributed by atoms with Crippen LogP contribution in [0.2, 0.25) is 0 Å². The maximum absolute atomic E-state index is 5.51. The highest BCUT2D eigenvalue weighted by Crippen LogP contribution is 2.20. The highest BCUT2D eigenvalue weighted by Gasteiger charge is 2.10. The van der Waals surface area contributed by atoms with Crippen molar-refractivity contribution in [3.05, 3.63) is 29.6 Å². The molecule has 0 unspecified atom stereocenters. The van der Waals surface area contributed by atoms with Crippen LogP contribution in [-0.2, 0) is 20.0 Å². The first-order chi connectivity index (χ1) is 9.65. The Bertz CT molecular complexity index is 576. The third kappa shape index (κ3) is 3.05. The number of aryl methyl sites for hydroxylation is 2. The molecule has 0 saturated heterocycles. The molecular formula is C13H21N7. The lowest BCUT2D eigenvalue weighted by Crippen LogP contribution is -2.15. The van der Waals surface area contributed by atoms with E-state index < -0.39 is 0 Å². The summed E-state index contributed by atoms with van der Waals surface area (Å²) in [5, 5.41) is 3.30. The van der Waals surface area contributed by atoms with Crippen LogP contribution < -0.4 is 16.6 Å². The Hall–Kier alpha value is -2.15. The Morgan fingerprint density at radius 3 is 2.65 bits per heavy atom. The topological polar surface area (TPSA) is 93.7 Å². The van der Waals surface area contributed by atoms with Gasteiger partial charge < -0.3 is 15.3 Å². The number of nitrogens with one attached hydrogen (secondary N) is 2. The van der Waals surface area contributed by atoms with Gasteiger partial charge in [0.25, 0.3) is 0 Å². The summed E-state index contributed by atoms with van der Waals surface area (Å²) in [6, 6.07) is 0. The molecule has 2 heterocycles. The number of rotatable bonds is 6. The van der Waals surface area contributed by atoms with Crippen molar-refractivity contribution in [2.24, 2.45) is 12.9 Å². The number of nitrogens with two attached hydrogens (primary N) is 1. The summed E-state index contributed by atoms with van der Waals surface area (Å²) >= 11 is 0. The second-order valence-corrected chi connectivity index (χ2v) is 4.66. The van der Waals surface area contributed by atoms with Crippen LogP contribution in [0.4, 0.5) is 11.6 Å². The number of anilines is 2. The summed E-state index contributed by atoms with van der Waals surface area (Å²) in [4.78, 5) is 13.2. The molecule has 0 aliphatic rings. The van der Waals surface area contributed by atoms with Crippen LogP contribution >= 0.6 is 0 Å². The fourth-order valence-corrected chi connectivity index (χ4v) is 1.94. The predicted molar refractivity (Wildman–Crippen MR) is 79.1 cm³/mol. The number of hydrogen-bond acceptors (Lipinski definition) is 6. The quantitative estimate of drug-likeness (QED) is 0.544. The molecule has 0 radical (unpaired) electrons. The first kappa shape index (κ1) is 14.3. The number of hydrazine groups is 1. The molecule has 0 amide bonds. The van der Waals surface area contributed by atoms with Gasteiger partial charge >= 0.3 is 0 Å². The molecule has 0 atom stereocenters. The average Bonchev–Trinajstić information content (AvgIpc) is 2.84. The highest BCUT2D eigenvalue weighted by atomic mass is 15.3. The van der Waals surface area contributed by atoms with E-state index in [1.54, 1.807) is 6.20 Å². The van der Waals surface area contributed by atoms with Crippen molar-refractivity contribution in [2.45, 2.75) is 33.2 Å². The number of hydrogen-bond donors (Lipinski definition) is 3. The van der Waals surface area contributed by atoms with Crippen LogP contribution in [0.1, 0.15) is 30.6 Å². The number of nitrogen functional groups attached to an aromatic ring is 1. The molecule has 0 saturated carbocycles. The van der Waals surface area contributed by atoms with Crippen molar-refractivity contribution in [3.8, 4) is 0 Å². The van der Waals surface area contributed by atoms with Gasteiger partial charge in [0, 0.05) is 31.4 Å². The minimum absolute atomic E-state index is 0.608. The van der Waals surface area contributed by atoms with E-state index in [1.165, 1.54) is 0 Å². The molecule has 0 aliphatic heterocycles. The van der Waals surface area contributed by atoms with E-state index in [9.17, 15) is 0 Å². The molecule has 2 aromatic rings. The van der Waals surface area contributed by atoms with Gasteiger partial charge in [0.15, 0.2) is 0 Å². The summed E-state index contributed by atoms with van der Waals surface area (Å²) in [7, 11) is 1.96. The van der Waals surface area contributed by atoms with E-state index in [4.69, 9.17) is 5.84 Å². The zero-order chi connectivity index (χ0) is 14.5. The fourth-order valence-electron chi connectivity index (χ4n) is 1.94. The monoisotopic (exact) mass is 275 g/mol. The molecule has 7 heteroatoms. The van der Waals surface area contributed by atoms with Crippen LogP contribution in [0, 0.1) is 6.92 Å². The van der Waals surface area contributed by atoms with Gasteiger partial charge in [-0.25, -0.2) is 20.8 Å². The summed E-state index contributed by atoms with van der Waals surface area (Å²) in [6.07, 6.45) is 5.51. The minimum atomic E-state index is 0.608. The van der Waals surface area contributed by atoms with Crippen LogP contribution in [0.5, 0.6) is 0 Å². The molecule has 4 N–H and O–H groups in total. The molecule has 0 spiro atoms. The third-order valence-electron chi connectivity index (χ3n) is 3.14. The van der Waals surface area contributed by atoms with Crippen molar-refractivity contribution in [1.29, 1.82) is 0 Å². The molecule has 2 aromatic heterocycles. The summed E-state index contributed by atoms with van der Waals surface area (Å²) in [6.45, 7) is 4.64. The minimum Gasteiger partial charge on any atom is -0.362 e. The van der Waals surface area contributed by atoms with Gasteiger partial charge in [-0.05, 0) is 13.3 Å². The van der Waals surface area contributed by atoms with E-state index in [1.807, 2.05) is 24.7 Å². The van der Waals surface area contributed by atoms with Gasteiger partial charge in [0.2, 0.25) is 0 Å². The van der Waals surface area contributed by atoms with Gasteiger partial charge in [-0.3, -0.25) is 0 Å². The normalized spacial score (nSPS) is 10.6. The van der Waals surface area contributed by atoms with Gasteiger partial charge in [-0.15, -0.1) is 0 Å². The molecule has 2 rings (SSSR count). The van der Waals surface area contributed by atoms with Crippen molar-refractivity contribution in [2.75, 3.05) is 10.7 Å². The molecule has 7 nitrogen and oxygen atoms in total. The van der Waals surface area contributed by atoms with E-state index in [-0.39, 0.29) is 0 Å². The Balaban J connectivity index is 2.21. The average molecular weight is 275 g/mol. The Morgan fingerprint density at radius 1 is 1.30 bits per heavy atom. The number of imidazole rings is 1. The Labute approximate surface area is 118 Å². The SMILES string of the molecule is CCCc1nc(NN)c(C)c(NCc2nccn2C)n1. The maximum Gasteiger partial charge on any atom is 0.148 e. The lowest BCUT2D eigenvalue weighted by Gasteiger charge is -2.13. The molecule has 20 heavy (non-hydrogen) atoms. The van der Waals surface area contributed by atoms with Crippen LogP contribution in [-0.4, -0.2) is 19.5 Å². The van der Waals surface area contributed by atoms with E-state index >= 15 is 0 Å². The van der Waals surface area contributed by atoms with E-state index in [0.717, 1.165) is 35.9 Å². The van der Waals surface area contributed by atoms with Gasteiger partial charge in [-0.2, -0.15) is 0 Å². The smallest absolute Gasteiger partial charge is 0.148 e. The van der Waals surface area contributed by atoms with Gasteiger partial charge in [0.05, 0.1) is 6.54 Å². The molecular weight excluding hydrogens is 254 g/mol. The first-order valence-corrected chi connectivity index (χ1v) is 6.70. The van der Waals surface area contributed by atoms with Gasteiger partial charge in [-0.1, -0.05) is 6.92 Å². The Kier molecular flexibility index (Phi) is 4.52. The highest BCUT2D eigenvalue weighted by molar-refractivity contribution is 5.56. The fraction of sp³-hybridized carbons (Fsp3) is 0.462. The Morgan fingerprint density at radius 2 is 2.05 bits per heavy atom. The van der Waals surface area contributed by atoms with E-state index in [2.05, 4.69) is 32.6 Å². The second-order valence-electron chi connectivity index (χ2n) is 4.66. The van der Waals surface area contributed by atoms with Crippen LogP contribution in [0.15, 0.2) is 12.4 Å². The molecule has 108 valence electrons. The molecule has 0 aromatic carbocycles.